The van der Waals surface area contributed by atoms with Gasteiger partial charge in [0.15, 0.2) is 0 Å². The molecule has 1 rings (SSSR count). The first kappa shape index (κ1) is 22.6. The van der Waals surface area contributed by atoms with E-state index in [9.17, 15) is 35.9 Å². The number of rotatable bonds is 4. The molecule has 1 atom stereocenters. The van der Waals surface area contributed by atoms with Crippen LogP contribution in [0.15, 0.2) is 0 Å². The lowest BCUT2D eigenvalue weighted by Crippen LogP contribution is -2.54. The van der Waals surface area contributed by atoms with Crippen molar-refractivity contribution in [3.63, 3.8) is 0 Å². The molecule has 0 radical (unpaired) electrons. The molecule has 0 bridgehead atoms. The van der Waals surface area contributed by atoms with Crippen molar-refractivity contribution < 1.29 is 40.7 Å². The van der Waals surface area contributed by atoms with Crippen molar-refractivity contribution in [1.82, 2.24) is 5.32 Å². The molecule has 0 aromatic carbocycles. The Kier molecular flexibility index (Phi) is 6.98. The van der Waals surface area contributed by atoms with Crippen LogP contribution in [0.5, 0.6) is 0 Å². The number of esters is 1. The van der Waals surface area contributed by atoms with E-state index in [0.717, 1.165) is 6.42 Å². The summed E-state index contributed by atoms with van der Waals surface area (Å²) in [5.74, 6) is -2.93. The number of carbonyl (C=O) groups is 2. The molecule has 10 heteroatoms. The molecule has 0 aromatic rings. The Morgan fingerprint density at radius 3 is 1.77 bits per heavy atom. The number of alkyl halides is 6. The molecule has 0 aliphatic heterocycles. The average molecular weight is 391 g/mol. The molecule has 1 saturated carbocycles. The van der Waals surface area contributed by atoms with Gasteiger partial charge in [0.05, 0.1) is 0 Å². The zero-order valence-corrected chi connectivity index (χ0v) is 14.8. The van der Waals surface area contributed by atoms with Gasteiger partial charge < -0.3 is 10.1 Å². The van der Waals surface area contributed by atoms with E-state index in [1.165, 1.54) is 20.8 Å². The minimum Gasteiger partial charge on any atom is -0.441 e. The highest BCUT2D eigenvalue weighted by Crippen LogP contribution is 2.37. The minimum absolute atomic E-state index is 0.410. The van der Waals surface area contributed by atoms with E-state index >= 15 is 0 Å². The summed E-state index contributed by atoms with van der Waals surface area (Å²) >= 11 is 0. The van der Waals surface area contributed by atoms with Gasteiger partial charge in [-0.05, 0) is 18.8 Å². The summed E-state index contributed by atoms with van der Waals surface area (Å²) in [6, 6.07) is -1.55. The van der Waals surface area contributed by atoms with Crippen LogP contribution in [0.25, 0.3) is 0 Å². The summed E-state index contributed by atoms with van der Waals surface area (Å²) in [6.45, 7) is 4.54. The molecular formula is C16H23F6NO3. The monoisotopic (exact) mass is 391 g/mol. The molecular weight excluding hydrogens is 368 g/mol. The number of ether oxygens (including phenoxy) is 1. The van der Waals surface area contributed by atoms with Crippen molar-refractivity contribution in [3.05, 3.63) is 0 Å². The molecule has 1 amide bonds. The lowest BCUT2D eigenvalue weighted by Gasteiger charge is -2.33. The van der Waals surface area contributed by atoms with Crippen LogP contribution in [-0.4, -0.2) is 36.4 Å². The molecule has 0 aromatic heterocycles. The van der Waals surface area contributed by atoms with Crippen molar-refractivity contribution in [1.29, 1.82) is 0 Å². The number of hydrogen-bond donors (Lipinski definition) is 1. The summed E-state index contributed by atoms with van der Waals surface area (Å²) in [4.78, 5) is 24.3. The Hall–Kier alpha value is -1.48. The summed E-state index contributed by atoms with van der Waals surface area (Å²) in [6.07, 6.45) is -12.8. The van der Waals surface area contributed by atoms with Gasteiger partial charge in [0.1, 0.15) is 6.04 Å². The molecule has 26 heavy (non-hydrogen) atoms. The standard InChI is InChI=1S/C16H23F6NO3/c1-14(2,3)13(25)23-10(9-7-5-4-6-8-9)11(24)26-12(15(17,18)19)16(20,21)22/h9-10,12H,4-8H2,1-3H3,(H,23,25). The quantitative estimate of drug-likeness (QED) is 0.579. The number of nitrogens with one attached hydrogen (secondary N) is 1. The van der Waals surface area contributed by atoms with Crippen LogP contribution in [-0.2, 0) is 14.3 Å². The Labute approximate surface area is 147 Å². The first-order chi connectivity index (χ1) is 11.6. The van der Waals surface area contributed by atoms with Crippen LogP contribution in [0.3, 0.4) is 0 Å². The smallest absolute Gasteiger partial charge is 0.434 e. The second-order valence-corrected chi connectivity index (χ2v) is 7.50. The fraction of sp³-hybridized carbons (Fsp3) is 0.875. The number of halogens is 6. The first-order valence-electron chi connectivity index (χ1n) is 8.29. The van der Waals surface area contributed by atoms with Gasteiger partial charge in [-0.1, -0.05) is 40.0 Å². The minimum atomic E-state index is -5.79. The Bertz CT molecular complexity index is 490. The second kappa shape index (κ2) is 8.04. The molecule has 0 saturated heterocycles. The van der Waals surface area contributed by atoms with Gasteiger partial charge >= 0.3 is 18.3 Å². The Morgan fingerprint density at radius 2 is 1.38 bits per heavy atom. The highest BCUT2D eigenvalue weighted by molar-refractivity contribution is 5.87. The fourth-order valence-electron chi connectivity index (χ4n) is 2.70. The molecule has 1 N–H and O–H groups in total. The molecule has 152 valence electrons. The van der Waals surface area contributed by atoms with Crippen LogP contribution in [0.4, 0.5) is 26.3 Å². The topological polar surface area (TPSA) is 55.4 Å². The predicted molar refractivity (Wildman–Crippen MR) is 80.0 cm³/mol. The third-order valence-electron chi connectivity index (χ3n) is 4.17. The lowest BCUT2D eigenvalue weighted by molar-refractivity contribution is -0.314. The zero-order valence-electron chi connectivity index (χ0n) is 14.8. The van der Waals surface area contributed by atoms with Gasteiger partial charge in [-0.2, -0.15) is 26.3 Å². The maximum atomic E-state index is 12.6. The Morgan fingerprint density at radius 1 is 0.923 bits per heavy atom. The normalized spacial score (nSPS) is 18.5. The molecule has 0 spiro atoms. The van der Waals surface area contributed by atoms with E-state index in [1.54, 1.807) is 0 Å². The average Bonchev–Trinajstić information content (AvgIpc) is 2.47. The van der Waals surface area contributed by atoms with Crippen LogP contribution in [0, 0.1) is 11.3 Å². The molecule has 4 nitrogen and oxygen atoms in total. The van der Waals surface area contributed by atoms with Crippen LogP contribution in [0.2, 0.25) is 0 Å². The van der Waals surface area contributed by atoms with Gasteiger partial charge in [0.2, 0.25) is 5.91 Å². The van der Waals surface area contributed by atoms with Crippen molar-refractivity contribution in [2.45, 2.75) is 77.4 Å². The summed E-state index contributed by atoms with van der Waals surface area (Å²) < 4.78 is 79.7. The summed E-state index contributed by atoms with van der Waals surface area (Å²) in [7, 11) is 0. The number of hydrogen-bond acceptors (Lipinski definition) is 3. The largest absolute Gasteiger partial charge is 0.441 e. The maximum absolute atomic E-state index is 12.6. The van der Waals surface area contributed by atoms with Crippen molar-refractivity contribution in [2.75, 3.05) is 0 Å². The summed E-state index contributed by atoms with van der Waals surface area (Å²) in [5.41, 5.74) is -0.972. The van der Waals surface area contributed by atoms with Crippen LogP contribution >= 0.6 is 0 Å². The van der Waals surface area contributed by atoms with Crippen LogP contribution < -0.4 is 5.32 Å². The molecule has 0 heterocycles. The highest BCUT2D eigenvalue weighted by atomic mass is 19.4. The van der Waals surface area contributed by atoms with Gasteiger partial charge in [-0.25, -0.2) is 4.79 Å². The van der Waals surface area contributed by atoms with Gasteiger partial charge in [-0.15, -0.1) is 0 Å². The molecule has 1 fully saturated rings. The van der Waals surface area contributed by atoms with Crippen LogP contribution in [0.1, 0.15) is 52.9 Å². The predicted octanol–water partition coefficient (Wildman–Crippen LogP) is 4.13. The van der Waals surface area contributed by atoms with Gasteiger partial charge in [0.25, 0.3) is 6.10 Å². The molecule has 1 aliphatic rings. The fourth-order valence-corrected chi connectivity index (χ4v) is 2.70. The highest BCUT2D eigenvalue weighted by Gasteiger charge is 2.60. The lowest BCUT2D eigenvalue weighted by atomic mass is 9.83. The van der Waals surface area contributed by atoms with Crippen molar-refractivity contribution >= 4 is 11.9 Å². The third kappa shape index (κ3) is 6.35. The first-order valence-corrected chi connectivity index (χ1v) is 8.29. The van der Waals surface area contributed by atoms with E-state index in [1.807, 2.05) is 0 Å². The van der Waals surface area contributed by atoms with E-state index in [4.69, 9.17) is 0 Å². The van der Waals surface area contributed by atoms with E-state index in [2.05, 4.69) is 10.1 Å². The van der Waals surface area contributed by atoms with Gasteiger partial charge in [0, 0.05) is 5.41 Å². The molecule has 1 aliphatic carbocycles. The van der Waals surface area contributed by atoms with E-state index in [-0.39, 0.29) is 0 Å². The molecule has 1 unspecified atom stereocenters. The number of carbonyl (C=O) groups excluding carboxylic acids is 2. The number of amides is 1. The van der Waals surface area contributed by atoms with Gasteiger partial charge in [-0.3, -0.25) is 4.79 Å². The second-order valence-electron chi connectivity index (χ2n) is 7.50. The van der Waals surface area contributed by atoms with E-state index in [0.29, 0.717) is 25.7 Å². The van der Waals surface area contributed by atoms with Crippen molar-refractivity contribution in [3.8, 4) is 0 Å². The summed E-state index contributed by atoms with van der Waals surface area (Å²) in [5, 5.41) is 2.29. The zero-order chi connectivity index (χ0) is 20.3. The van der Waals surface area contributed by atoms with E-state index < -0.39 is 47.7 Å². The maximum Gasteiger partial charge on any atom is 0.434 e. The Balaban J connectivity index is 3.04. The third-order valence-corrected chi connectivity index (χ3v) is 4.17. The SMILES string of the molecule is CC(C)(C)C(=O)NC(C(=O)OC(C(F)(F)F)C(F)(F)F)C1CCCCC1. The van der Waals surface area contributed by atoms with Crippen molar-refractivity contribution in [2.24, 2.45) is 11.3 Å².